The van der Waals surface area contributed by atoms with Crippen LogP contribution in [0.3, 0.4) is 0 Å². The van der Waals surface area contributed by atoms with Gasteiger partial charge in [-0.05, 0) is 30.5 Å². The molecule has 1 rings (SSSR count). The topological polar surface area (TPSA) is 29.9 Å². The molecular weight excluding hydrogens is 194 g/mol. The van der Waals surface area contributed by atoms with Crippen LogP contribution in [-0.4, -0.2) is 28.3 Å². The normalized spacial score (nSPS) is 13.1. The van der Waals surface area contributed by atoms with Crippen molar-refractivity contribution in [2.75, 3.05) is 18.6 Å². The first-order valence-electron chi connectivity index (χ1n) is 4.90. The zero-order valence-electron chi connectivity index (χ0n) is 9.16. The van der Waals surface area contributed by atoms with E-state index < -0.39 is 0 Å². The van der Waals surface area contributed by atoms with Gasteiger partial charge in [-0.15, -0.1) is 0 Å². The summed E-state index contributed by atoms with van der Waals surface area (Å²) in [5.41, 5.74) is 1.11. The maximum absolute atomic E-state index is 4.30. The fourth-order valence-electron chi connectivity index (χ4n) is 1.35. The molecule has 0 saturated heterocycles. The summed E-state index contributed by atoms with van der Waals surface area (Å²) >= 11 is 1.90. The van der Waals surface area contributed by atoms with Crippen molar-refractivity contribution in [2.24, 2.45) is 13.0 Å². The Morgan fingerprint density at radius 1 is 1.64 bits per heavy atom. The lowest BCUT2D eigenvalue weighted by molar-refractivity contribution is 0.551. The summed E-state index contributed by atoms with van der Waals surface area (Å²) in [5, 5.41) is 7.71. The minimum atomic E-state index is 0.730. The van der Waals surface area contributed by atoms with Crippen molar-refractivity contribution in [2.45, 2.75) is 13.5 Å². The van der Waals surface area contributed by atoms with E-state index in [2.05, 4.69) is 23.6 Å². The molecule has 0 bridgehead atoms. The van der Waals surface area contributed by atoms with Gasteiger partial charge in [0, 0.05) is 19.8 Å². The van der Waals surface area contributed by atoms with Crippen LogP contribution < -0.4 is 5.32 Å². The van der Waals surface area contributed by atoms with Gasteiger partial charge in [-0.2, -0.15) is 16.9 Å². The number of aromatic nitrogens is 2. The molecule has 3 nitrogen and oxygen atoms in total. The van der Waals surface area contributed by atoms with E-state index in [1.54, 1.807) is 0 Å². The van der Waals surface area contributed by atoms with E-state index in [0.717, 1.165) is 24.7 Å². The standard InChI is InChI=1S/C10H19N3S/c1-9(8-14-3)6-11-7-10-4-5-13(2)12-10/h4-5,9,11H,6-8H2,1-3H3. The van der Waals surface area contributed by atoms with Gasteiger partial charge in [0.05, 0.1) is 5.69 Å². The molecule has 0 aliphatic rings. The molecule has 14 heavy (non-hydrogen) atoms. The second kappa shape index (κ2) is 6.09. The van der Waals surface area contributed by atoms with Crippen molar-refractivity contribution < 1.29 is 0 Å². The summed E-state index contributed by atoms with van der Waals surface area (Å²) in [4.78, 5) is 0. The lowest BCUT2D eigenvalue weighted by Crippen LogP contribution is -2.22. The summed E-state index contributed by atoms with van der Waals surface area (Å²) in [6, 6.07) is 2.05. The van der Waals surface area contributed by atoms with Crippen LogP contribution in [0, 0.1) is 5.92 Å². The molecule has 0 aliphatic heterocycles. The van der Waals surface area contributed by atoms with E-state index in [-0.39, 0.29) is 0 Å². The van der Waals surface area contributed by atoms with Gasteiger partial charge in [-0.25, -0.2) is 0 Å². The van der Waals surface area contributed by atoms with Crippen LogP contribution in [0.4, 0.5) is 0 Å². The molecule has 0 aliphatic carbocycles. The maximum Gasteiger partial charge on any atom is 0.0762 e. The highest BCUT2D eigenvalue weighted by Gasteiger charge is 2.01. The van der Waals surface area contributed by atoms with Crippen LogP contribution in [0.15, 0.2) is 12.3 Å². The predicted octanol–water partition coefficient (Wildman–Crippen LogP) is 1.51. The number of nitrogens with zero attached hydrogens (tertiary/aromatic N) is 2. The first-order valence-corrected chi connectivity index (χ1v) is 6.30. The lowest BCUT2D eigenvalue weighted by Gasteiger charge is -2.09. The van der Waals surface area contributed by atoms with E-state index in [4.69, 9.17) is 0 Å². The molecule has 1 atom stereocenters. The Labute approximate surface area is 90.3 Å². The average Bonchev–Trinajstić information content (AvgIpc) is 2.52. The number of aryl methyl sites for hydroxylation is 1. The molecule has 1 aromatic heterocycles. The van der Waals surface area contributed by atoms with E-state index >= 15 is 0 Å². The van der Waals surface area contributed by atoms with Crippen LogP contribution in [0.25, 0.3) is 0 Å². The van der Waals surface area contributed by atoms with Gasteiger partial charge in [0.1, 0.15) is 0 Å². The predicted molar refractivity (Wildman–Crippen MR) is 62.5 cm³/mol. The minimum absolute atomic E-state index is 0.730. The van der Waals surface area contributed by atoms with E-state index in [0.29, 0.717) is 0 Å². The van der Waals surface area contributed by atoms with E-state index in [1.165, 1.54) is 5.75 Å². The van der Waals surface area contributed by atoms with Crippen molar-refractivity contribution in [3.05, 3.63) is 18.0 Å². The van der Waals surface area contributed by atoms with Gasteiger partial charge in [0.25, 0.3) is 0 Å². The molecule has 0 spiro atoms. The molecule has 1 unspecified atom stereocenters. The van der Waals surface area contributed by atoms with Gasteiger partial charge in [0.2, 0.25) is 0 Å². The number of thioether (sulfide) groups is 1. The zero-order chi connectivity index (χ0) is 10.4. The number of hydrogen-bond acceptors (Lipinski definition) is 3. The molecule has 1 heterocycles. The summed E-state index contributed by atoms with van der Waals surface area (Å²) in [6.07, 6.45) is 4.12. The Morgan fingerprint density at radius 2 is 2.43 bits per heavy atom. The molecule has 80 valence electrons. The third-order valence-electron chi connectivity index (χ3n) is 2.02. The smallest absolute Gasteiger partial charge is 0.0762 e. The monoisotopic (exact) mass is 213 g/mol. The van der Waals surface area contributed by atoms with Crippen molar-refractivity contribution in [3.63, 3.8) is 0 Å². The number of nitrogens with one attached hydrogen (secondary N) is 1. The van der Waals surface area contributed by atoms with Crippen molar-refractivity contribution in [1.29, 1.82) is 0 Å². The van der Waals surface area contributed by atoms with Crippen LogP contribution in [0.2, 0.25) is 0 Å². The van der Waals surface area contributed by atoms with Crippen molar-refractivity contribution >= 4 is 11.8 Å². The van der Waals surface area contributed by atoms with Gasteiger partial charge >= 0.3 is 0 Å². The zero-order valence-corrected chi connectivity index (χ0v) is 9.97. The van der Waals surface area contributed by atoms with Crippen molar-refractivity contribution in [3.8, 4) is 0 Å². The van der Waals surface area contributed by atoms with Gasteiger partial charge in [0.15, 0.2) is 0 Å². The Kier molecular flexibility index (Phi) is 5.04. The Morgan fingerprint density at radius 3 is 3.00 bits per heavy atom. The number of rotatable bonds is 6. The van der Waals surface area contributed by atoms with Gasteiger partial charge < -0.3 is 5.32 Å². The summed E-state index contributed by atoms with van der Waals surface area (Å²) in [5.74, 6) is 1.95. The molecule has 0 fully saturated rings. The third-order valence-corrected chi connectivity index (χ3v) is 2.92. The second-order valence-electron chi connectivity index (χ2n) is 3.67. The molecule has 1 aromatic rings. The van der Waals surface area contributed by atoms with Gasteiger partial charge in [-0.3, -0.25) is 4.68 Å². The quantitative estimate of drug-likeness (QED) is 0.777. The summed E-state index contributed by atoms with van der Waals surface area (Å²) < 4.78 is 1.84. The molecule has 1 N–H and O–H groups in total. The molecule has 4 heteroatoms. The largest absolute Gasteiger partial charge is 0.311 e. The van der Waals surface area contributed by atoms with Crippen LogP contribution >= 0.6 is 11.8 Å². The summed E-state index contributed by atoms with van der Waals surface area (Å²) in [6.45, 7) is 4.21. The van der Waals surface area contributed by atoms with Crippen LogP contribution in [0.5, 0.6) is 0 Å². The minimum Gasteiger partial charge on any atom is -0.311 e. The molecule has 0 amide bonds. The van der Waals surface area contributed by atoms with Crippen LogP contribution in [0.1, 0.15) is 12.6 Å². The Hall–Kier alpha value is -0.480. The van der Waals surface area contributed by atoms with E-state index in [9.17, 15) is 0 Å². The van der Waals surface area contributed by atoms with E-state index in [1.807, 2.05) is 35.8 Å². The molecule has 0 aromatic carbocycles. The highest BCUT2D eigenvalue weighted by molar-refractivity contribution is 7.98. The number of hydrogen-bond donors (Lipinski definition) is 1. The third kappa shape index (κ3) is 4.15. The van der Waals surface area contributed by atoms with Crippen LogP contribution in [-0.2, 0) is 13.6 Å². The highest BCUT2D eigenvalue weighted by atomic mass is 32.2. The maximum atomic E-state index is 4.30. The Balaban J connectivity index is 2.15. The molecule has 0 radical (unpaired) electrons. The fraction of sp³-hybridized carbons (Fsp3) is 0.700. The SMILES string of the molecule is CSCC(C)CNCc1ccn(C)n1. The molecular formula is C10H19N3S. The lowest BCUT2D eigenvalue weighted by atomic mass is 10.2. The van der Waals surface area contributed by atoms with Crippen molar-refractivity contribution in [1.82, 2.24) is 15.1 Å². The second-order valence-corrected chi connectivity index (χ2v) is 4.58. The fourth-order valence-corrected chi connectivity index (χ4v) is 2.03. The Bertz CT molecular complexity index is 260. The molecule has 0 saturated carbocycles. The average molecular weight is 213 g/mol. The highest BCUT2D eigenvalue weighted by Crippen LogP contribution is 2.03. The first kappa shape index (κ1) is 11.6. The van der Waals surface area contributed by atoms with Gasteiger partial charge in [-0.1, -0.05) is 6.92 Å². The summed E-state index contributed by atoms with van der Waals surface area (Å²) in [7, 11) is 1.94. The first-order chi connectivity index (χ1) is 6.72.